The molecule has 2 rings (SSSR count). The van der Waals surface area contributed by atoms with Crippen molar-refractivity contribution in [2.24, 2.45) is 0 Å². The van der Waals surface area contributed by atoms with Gasteiger partial charge >= 0.3 is 0 Å². The van der Waals surface area contributed by atoms with E-state index in [4.69, 9.17) is 0 Å². The van der Waals surface area contributed by atoms with Crippen molar-refractivity contribution in [1.82, 2.24) is 14.4 Å². The summed E-state index contributed by atoms with van der Waals surface area (Å²) in [5.41, 5.74) is 1.09. The zero-order valence-electron chi connectivity index (χ0n) is 7.95. The van der Waals surface area contributed by atoms with Crippen LogP contribution >= 0.6 is 15.9 Å². The molecule has 3 nitrogen and oxygen atoms in total. The molecule has 2 aromatic rings. The van der Waals surface area contributed by atoms with Gasteiger partial charge < -0.3 is 0 Å². The second-order valence-electron chi connectivity index (χ2n) is 2.34. The topological polar surface area (TPSA) is 30.2 Å². The second-order valence-corrected chi connectivity index (χ2v) is 3.26. The van der Waals surface area contributed by atoms with Crippen molar-refractivity contribution in [2.45, 2.75) is 20.8 Å². The molecule has 0 saturated heterocycles. The highest BCUT2D eigenvalue weighted by atomic mass is 79.9. The molecule has 0 amide bonds. The molecule has 2 heterocycles. The Bertz CT molecular complexity index is 395. The number of aryl methyl sites for hydroxylation is 1. The van der Waals surface area contributed by atoms with Crippen molar-refractivity contribution >= 4 is 21.7 Å². The molecule has 0 aliphatic rings. The van der Waals surface area contributed by atoms with E-state index in [0.29, 0.717) is 0 Å². The Kier molecular flexibility index (Phi) is 3.42. The predicted molar refractivity (Wildman–Crippen MR) is 56.8 cm³/mol. The number of fused-ring (bicyclic) bond motifs is 1. The number of hydrogen-bond donors (Lipinski definition) is 0. The summed E-state index contributed by atoms with van der Waals surface area (Å²) in [6, 6.07) is 0. The summed E-state index contributed by atoms with van der Waals surface area (Å²) in [5, 5.41) is 0. The Balaban J connectivity index is 0.000000396. The molecule has 0 aliphatic carbocycles. The first-order valence-electron chi connectivity index (χ1n) is 4.22. The maximum Gasteiger partial charge on any atom is 0.233 e. The number of rotatable bonds is 0. The minimum atomic E-state index is 0.741. The first-order valence-corrected chi connectivity index (χ1v) is 5.02. The molecule has 0 saturated carbocycles. The van der Waals surface area contributed by atoms with E-state index in [1.54, 1.807) is 12.4 Å². The summed E-state index contributed by atoms with van der Waals surface area (Å²) in [6.07, 6.45) is 5.49. The summed E-state index contributed by atoms with van der Waals surface area (Å²) in [4.78, 5) is 8.20. The molecule has 0 aromatic carbocycles. The highest BCUT2D eigenvalue weighted by molar-refractivity contribution is 9.10. The van der Waals surface area contributed by atoms with Crippen LogP contribution in [0.2, 0.25) is 0 Å². The maximum absolute atomic E-state index is 4.11. The van der Waals surface area contributed by atoms with Gasteiger partial charge in [0.25, 0.3) is 0 Å². The van der Waals surface area contributed by atoms with E-state index in [1.165, 1.54) is 0 Å². The van der Waals surface area contributed by atoms with Crippen molar-refractivity contribution < 1.29 is 0 Å². The van der Waals surface area contributed by atoms with Gasteiger partial charge in [0.1, 0.15) is 0 Å². The standard InChI is InChI=1S/C7H6BrN3.C2H6/c1-5-2-9-7-10-3-6(8)4-11(5)7;1-2/h2-4H,1H3;1-2H3. The smallest absolute Gasteiger partial charge is 0.233 e. The molecular weight excluding hydrogens is 230 g/mol. The molecule has 13 heavy (non-hydrogen) atoms. The Hall–Kier alpha value is -0.900. The summed E-state index contributed by atoms with van der Waals surface area (Å²) >= 11 is 3.34. The first-order chi connectivity index (χ1) is 6.27. The number of aromatic nitrogens is 3. The molecule has 0 radical (unpaired) electrons. The van der Waals surface area contributed by atoms with E-state index in [1.807, 2.05) is 31.4 Å². The fourth-order valence-corrected chi connectivity index (χ4v) is 1.27. The normalized spacial score (nSPS) is 9.54. The highest BCUT2D eigenvalue weighted by Crippen LogP contribution is 2.09. The highest BCUT2D eigenvalue weighted by Gasteiger charge is 1.98. The van der Waals surface area contributed by atoms with Crippen LogP contribution in [0.3, 0.4) is 0 Å². The van der Waals surface area contributed by atoms with Crippen LogP contribution in [0.5, 0.6) is 0 Å². The average Bonchev–Trinajstić information content (AvgIpc) is 2.52. The third-order valence-corrected chi connectivity index (χ3v) is 1.93. The minimum Gasteiger partial charge on any atom is -0.287 e. The van der Waals surface area contributed by atoms with Gasteiger partial charge in [0.2, 0.25) is 5.78 Å². The van der Waals surface area contributed by atoms with Crippen LogP contribution in [-0.2, 0) is 0 Å². The van der Waals surface area contributed by atoms with E-state index >= 15 is 0 Å². The van der Waals surface area contributed by atoms with Gasteiger partial charge in [-0.2, -0.15) is 0 Å². The molecule has 0 atom stereocenters. The largest absolute Gasteiger partial charge is 0.287 e. The van der Waals surface area contributed by atoms with Crippen molar-refractivity contribution in [3.63, 3.8) is 0 Å². The molecule has 0 aliphatic heterocycles. The van der Waals surface area contributed by atoms with Gasteiger partial charge in [-0.1, -0.05) is 13.8 Å². The van der Waals surface area contributed by atoms with Crippen LogP contribution in [0.1, 0.15) is 19.5 Å². The molecule has 0 spiro atoms. The van der Waals surface area contributed by atoms with Gasteiger partial charge in [-0.15, -0.1) is 0 Å². The third kappa shape index (κ3) is 2.06. The average molecular weight is 242 g/mol. The van der Waals surface area contributed by atoms with Gasteiger partial charge in [-0.25, -0.2) is 9.97 Å². The van der Waals surface area contributed by atoms with Gasteiger partial charge in [0.15, 0.2) is 0 Å². The lowest BCUT2D eigenvalue weighted by Crippen LogP contribution is -1.89. The van der Waals surface area contributed by atoms with Crippen LogP contribution in [0, 0.1) is 6.92 Å². The van der Waals surface area contributed by atoms with Crippen LogP contribution in [0.4, 0.5) is 0 Å². The third-order valence-electron chi connectivity index (χ3n) is 1.52. The first kappa shape index (κ1) is 10.2. The van der Waals surface area contributed by atoms with Crippen molar-refractivity contribution in [1.29, 1.82) is 0 Å². The summed E-state index contributed by atoms with van der Waals surface area (Å²) < 4.78 is 2.90. The Labute approximate surface area is 86.0 Å². The van der Waals surface area contributed by atoms with Crippen LogP contribution < -0.4 is 0 Å². The van der Waals surface area contributed by atoms with Crippen molar-refractivity contribution in [3.8, 4) is 0 Å². The quantitative estimate of drug-likeness (QED) is 0.711. The molecule has 4 heteroatoms. The van der Waals surface area contributed by atoms with Gasteiger partial charge in [-0.3, -0.25) is 4.40 Å². The van der Waals surface area contributed by atoms with E-state index in [9.17, 15) is 0 Å². The number of nitrogens with zero attached hydrogens (tertiary/aromatic N) is 3. The van der Waals surface area contributed by atoms with Crippen molar-refractivity contribution in [3.05, 3.63) is 28.8 Å². The fourth-order valence-electron chi connectivity index (χ4n) is 0.964. The Morgan fingerprint density at radius 1 is 1.23 bits per heavy atom. The van der Waals surface area contributed by atoms with Crippen LogP contribution in [0.15, 0.2) is 23.1 Å². The van der Waals surface area contributed by atoms with Crippen LogP contribution in [-0.4, -0.2) is 14.4 Å². The molecular formula is C9H12BrN3. The molecule has 2 aromatic heterocycles. The molecule has 0 bridgehead atoms. The predicted octanol–water partition coefficient (Wildman–Crippen LogP) is 2.83. The van der Waals surface area contributed by atoms with Crippen molar-refractivity contribution in [2.75, 3.05) is 0 Å². The summed E-state index contributed by atoms with van der Waals surface area (Å²) in [7, 11) is 0. The molecule has 0 unspecified atom stereocenters. The lowest BCUT2D eigenvalue weighted by Gasteiger charge is -1.94. The maximum atomic E-state index is 4.11. The fraction of sp³-hybridized carbons (Fsp3) is 0.333. The zero-order valence-corrected chi connectivity index (χ0v) is 9.54. The van der Waals surface area contributed by atoms with E-state index in [-0.39, 0.29) is 0 Å². The molecule has 0 N–H and O–H groups in total. The minimum absolute atomic E-state index is 0.741. The lowest BCUT2D eigenvalue weighted by atomic mass is 10.5. The lowest BCUT2D eigenvalue weighted by molar-refractivity contribution is 1.05. The van der Waals surface area contributed by atoms with Gasteiger partial charge in [-0.05, 0) is 22.9 Å². The molecule has 70 valence electrons. The summed E-state index contributed by atoms with van der Waals surface area (Å²) in [5.74, 6) is 0.741. The zero-order chi connectivity index (χ0) is 9.84. The number of halogens is 1. The van der Waals surface area contributed by atoms with Gasteiger partial charge in [0, 0.05) is 18.1 Å². The molecule has 0 fully saturated rings. The van der Waals surface area contributed by atoms with E-state index in [2.05, 4.69) is 25.9 Å². The Morgan fingerprint density at radius 2 is 1.85 bits per heavy atom. The number of hydrogen-bond acceptors (Lipinski definition) is 2. The van der Waals surface area contributed by atoms with Gasteiger partial charge in [0.05, 0.1) is 10.7 Å². The number of imidazole rings is 1. The summed E-state index contributed by atoms with van der Waals surface area (Å²) in [6.45, 7) is 5.99. The van der Waals surface area contributed by atoms with E-state index in [0.717, 1.165) is 15.9 Å². The second kappa shape index (κ2) is 4.37. The monoisotopic (exact) mass is 241 g/mol. The Morgan fingerprint density at radius 3 is 2.54 bits per heavy atom. The van der Waals surface area contributed by atoms with Crippen LogP contribution in [0.25, 0.3) is 5.78 Å². The van der Waals surface area contributed by atoms with E-state index < -0.39 is 0 Å². The SMILES string of the molecule is CC.Cc1cnc2ncc(Br)cn12.